The maximum Gasteiger partial charge on any atom is 0.245 e. The molecule has 0 aliphatic heterocycles. The molecule has 1 unspecified atom stereocenters. The zero-order valence-electron chi connectivity index (χ0n) is 44.5. The third-order valence-corrected chi connectivity index (χ3v) is 12.8. The molecule has 1 aromatic carbocycles. The van der Waals surface area contributed by atoms with Crippen LogP contribution < -0.4 is 21.3 Å². The first-order valence-corrected chi connectivity index (χ1v) is 24.5. The van der Waals surface area contributed by atoms with Crippen molar-refractivity contribution in [2.24, 2.45) is 29.6 Å². The molecule has 0 aliphatic carbocycles. The second-order valence-electron chi connectivity index (χ2n) is 20.1. The van der Waals surface area contributed by atoms with Gasteiger partial charge in [0.25, 0.3) is 0 Å². The lowest BCUT2D eigenvalue weighted by Crippen LogP contribution is -2.62. The molecule has 0 aliphatic rings. The van der Waals surface area contributed by atoms with Crippen molar-refractivity contribution < 1.29 is 48.3 Å². The van der Waals surface area contributed by atoms with Crippen molar-refractivity contribution >= 4 is 53.0 Å². The van der Waals surface area contributed by atoms with Gasteiger partial charge in [-0.2, -0.15) is 0 Å². The monoisotopic (exact) mass is 971 g/mol. The molecule has 0 heterocycles. The molecule has 18 heteroatoms. The third-order valence-electron chi connectivity index (χ3n) is 12.8. The molecule has 0 saturated carbocycles. The lowest BCUT2D eigenvalue weighted by atomic mass is 9.91. The van der Waals surface area contributed by atoms with Crippen LogP contribution in [-0.2, 0) is 49.6 Å². The van der Waals surface area contributed by atoms with E-state index in [1.165, 1.54) is 68.4 Å². The van der Waals surface area contributed by atoms with Gasteiger partial charge in [-0.15, -0.1) is 0 Å². The SMILES string of the molecule is CCC(C)[C@H](C)C(=O)N(C)[C@@H](CC(C)C)C(=O)N(C)[C@H](C(=O)N[C@@H](Cc1ccccc1)C(=O)N[C@H](C(=O)N[C@@H](C)C(=O)N(C)CCC(=O)N[C@@H](C)C(=O)N(C)[C@@H](CC(C)C)C(C)=O)[C@@H](C)O)C(C)C. The van der Waals surface area contributed by atoms with Crippen molar-refractivity contribution in [3.05, 3.63) is 35.9 Å². The largest absolute Gasteiger partial charge is 0.391 e. The van der Waals surface area contributed by atoms with E-state index in [1.54, 1.807) is 51.2 Å². The number of hydrogen-bond donors (Lipinski definition) is 5. The summed E-state index contributed by atoms with van der Waals surface area (Å²) in [4.78, 5) is 127. The summed E-state index contributed by atoms with van der Waals surface area (Å²) >= 11 is 0. The highest BCUT2D eigenvalue weighted by molar-refractivity contribution is 5.97. The summed E-state index contributed by atoms with van der Waals surface area (Å²) < 4.78 is 0. The van der Waals surface area contributed by atoms with Gasteiger partial charge < -0.3 is 46.0 Å². The highest BCUT2D eigenvalue weighted by Gasteiger charge is 2.40. The number of benzene rings is 1. The first-order valence-electron chi connectivity index (χ1n) is 24.5. The number of rotatable bonds is 28. The van der Waals surface area contributed by atoms with E-state index < -0.39 is 95.7 Å². The number of Topliss-reactive ketones (excluding diaryl/α,β-unsaturated/α-hetero) is 1. The fraction of sp³-hybridized carbons (Fsp3) is 0.706. The van der Waals surface area contributed by atoms with E-state index in [2.05, 4.69) is 21.3 Å². The number of amides is 8. The third kappa shape index (κ3) is 19.1. The number of nitrogens with one attached hydrogen (secondary N) is 4. The Kier molecular flexibility index (Phi) is 25.9. The van der Waals surface area contributed by atoms with Crippen molar-refractivity contribution in [2.75, 3.05) is 34.7 Å². The van der Waals surface area contributed by atoms with Crippen LogP contribution in [0.3, 0.4) is 0 Å². The normalized spacial score (nSPS) is 15.8. The molecular weight excluding hydrogens is 885 g/mol. The predicted molar refractivity (Wildman–Crippen MR) is 266 cm³/mol. The Morgan fingerprint density at radius 1 is 0.594 bits per heavy atom. The molecule has 8 amide bonds. The highest BCUT2D eigenvalue weighted by Crippen LogP contribution is 2.23. The van der Waals surface area contributed by atoms with E-state index >= 15 is 0 Å². The molecule has 1 rings (SSSR count). The Bertz CT molecular complexity index is 1890. The maximum absolute atomic E-state index is 14.4. The first-order chi connectivity index (χ1) is 32.0. The second-order valence-corrected chi connectivity index (χ2v) is 20.1. The summed E-state index contributed by atoms with van der Waals surface area (Å²) in [5.41, 5.74) is 0.668. The minimum atomic E-state index is -1.58. The Morgan fingerprint density at radius 3 is 1.61 bits per heavy atom. The molecular formula is C51H86N8O10. The zero-order chi connectivity index (χ0) is 53.2. The Morgan fingerprint density at radius 2 is 1.12 bits per heavy atom. The highest BCUT2D eigenvalue weighted by atomic mass is 16.3. The summed E-state index contributed by atoms with van der Waals surface area (Å²) in [6, 6.07) is 1.29. The quantitative estimate of drug-likeness (QED) is 0.0824. The van der Waals surface area contributed by atoms with Crippen molar-refractivity contribution in [1.82, 2.24) is 40.9 Å². The summed E-state index contributed by atoms with van der Waals surface area (Å²) in [7, 11) is 6.08. The van der Waals surface area contributed by atoms with E-state index in [-0.39, 0.29) is 54.7 Å². The van der Waals surface area contributed by atoms with E-state index in [4.69, 9.17) is 0 Å². The molecule has 0 spiro atoms. The van der Waals surface area contributed by atoms with Crippen molar-refractivity contribution in [1.29, 1.82) is 0 Å². The van der Waals surface area contributed by atoms with Crippen molar-refractivity contribution in [3.8, 4) is 0 Å². The number of ketones is 1. The van der Waals surface area contributed by atoms with E-state index in [0.717, 1.165) is 6.42 Å². The maximum atomic E-state index is 14.4. The number of hydrogen-bond acceptors (Lipinski definition) is 10. The van der Waals surface area contributed by atoms with Gasteiger partial charge in [-0.1, -0.05) is 99.1 Å². The molecule has 0 fully saturated rings. The Hall–Kier alpha value is -5.39. The minimum absolute atomic E-state index is 0.0241. The number of carbonyl (C=O) groups is 9. The number of aliphatic hydroxyl groups excluding tert-OH is 1. The Balaban J connectivity index is 3.24. The fourth-order valence-corrected chi connectivity index (χ4v) is 8.17. The van der Waals surface area contributed by atoms with Gasteiger partial charge >= 0.3 is 0 Å². The minimum Gasteiger partial charge on any atom is -0.391 e. The van der Waals surface area contributed by atoms with Gasteiger partial charge in [0.1, 0.15) is 36.3 Å². The van der Waals surface area contributed by atoms with Crippen molar-refractivity contribution in [2.45, 2.75) is 171 Å². The van der Waals surface area contributed by atoms with Crippen LogP contribution in [0, 0.1) is 29.6 Å². The molecule has 0 bridgehead atoms. The van der Waals surface area contributed by atoms with Crippen LogP contribution in [0.4, 0.5) is 0 Å². The average Bonchev–Trinajstić information content (AvgIpc) is 3.28. The lowest BCUT2D eigenvalue weighted by molar-refractivity contribution is -0.151. The summed E-state index contributed by atoms with van der Waals surface area (Å²) in [5, 5.41) is 21.3. The van der Waals surface area contributed by atoms with Crippen LogP contribution in [0.25, 0.3) is 0 Å². The van der Waals surface area contributed by atoms with Gasteiger partial charge in [0.2, 0.25) is 47.3 Å². The van der Waals surface area contributed by atoms with Gasteiger partial charge in [-0.05, 0) is 69.8 Å². The van der Waals surface area contributed by atoms with Crippen LogP contribution in [0.1, 0.15) is 121 Å². The molecule has 0 saturated heterocycles. The topological polar surface area (TPSA) is 235 Å². The van der Waals surface area contributed by atoms with Gasteiger partial charge in [0, 0.05) is 53.5 Å². The van der Waals surface area contributed by atoms with Gasteiger partial charge in [0.05, 0.1) is 12.1 Å². The van der Waals surface area contributed by atoms with Gasteiger partial charge in [0.15, 0.2) is 5.78 Å². The lowest BCUT2D eigenvalue weighted by Gasteiger charge is -2.38. The van der Waals surface area contributed by atoms with E-state index in [0.29, 0.717) is 18.4 Å². The number of nitrogens with zero attached hydrogens (tertiary/aromatic N) is 4. The van der Waals surface area contributed by atoms with Crippen LogP contribution >= 0.6 is 0 Å². The molecule has 1 aromatic rings. The second kappa shape index (κ2) is 28.9. The average molecular weight is 971 g/mol. The fourth-order valence-electron chi connectivity index (χ4n) is 8.17. The molecule has 69 heavy (non-hydrogen) atoms. The summed E-state index contributed by atoms with van der Waals surface area (Å²) in [5.74, 6) is -5.13. The van der Waals surface area contributed by atoms with Crippen LogP contribution in [0.2, 0.25) is 0 Å². The van der Waals surface area contributed by atoms with Crippen molar-refractivity contribution in [3.63, 3.8) is 0 Å². The van der Waals surface area contributed by atoms with E-state index in [1.807, 2.05) is 48.5 Å². The van der Waals surface area contributed by atoms with E-state index in [9.17, 15) is 48.3 Å². The van der Waals surface area contributed by atoms with Crippen LogP contribution in [0.5, 0.6) is 0 Å². The number of aliphatic hydroxyl groups is 1. The van der Waals surface area contributed by atoms with Gasteiger partial charge in [-0.25, -0.2) is 0 Å². The van der Waals surface area contributed by atoms with Crippen LogP contribution in [-0.4, -0.2) is 161 Å². The summed E-state index contributed by atoms with van der Waals surface area (Å²) in [6.45, 7) is 22.7. The molecule has 18 nitrogen and oxygen atoms in total. The summed E-state index contributed by atoms with van der Waals surface area (Å²) in [6.07, 6.45) is -0.0471. The number of carbonyl (C=O) groups excluding carboxylic acids is 9. The molecule has 390 valence electrons. The molecule has 0 radical (unpaired) electrons. The molecule has 5 N–H and O–H groups in total. The standard InChI is InChI=1S/C51H86N8O10/c1-18-32(8)33(9)48(66)58(16)41(27-30(4)5)51(69)59(17)44(31(6)7)47(65)54-39(28-38-22-20-19-21-23-38)45(63)55-43(37(13)61)46(64)53-34(10)49(67)56(14)25-24-42(62)52-35(11)50(68)57(15)40(36(12)60)26-29(2)3/h19-23,29-35,37,39-41,43-44,61H,18,24-28H2,1-17H3,(H,52,62)(H,53,64)(H,54,65)(H,55,63)/t32?,33-,34-,35-,37+,39-,40-,41-,43-,44-/m0/s1. The molecule has 0 aromatic heterocycles. The Labute approximate surface area is 411 Å². The van der Waals surface area contributed by atoms with Crippen LogP contribution in [0.15, 0.2) is 30.3 Å². The molecule has 10 atom stereocenters. The zero-order valence-corrected chi connectivity index (χ0v) is 44.5. The smallest absolute Gasteiger partial charge is 0.245 e. The predicted octanol–water partition coefficient (Wildman–Crippen LogP) is 2.94. The first kappa shape index (κ1) is 61.6. The van der Waals surface area contributed by atoms with Gasteiger partial charge in [-0.3, -0.25) is 43.2 Å². The number of likely N-dealkylation sites (N-methyl/N-ethyl adjacent to an activating group) is 4.